The number of H-pyrrole nitrogens is 1. The lowest BCUT2D eigenvalue weighted by Crippen LogP contribution is -2.41. The molecule has 1 aromatic rings. The average Bonchev–Trinajstić information content (AvgIpc) is 2.49. The molecule has 1 aliphatic heterocycles. The second kappa shape index (κ2) is 2.60. The maximum Gasteiger partial charge on any atom is 0.321 e. The molecule has 0 spiro atoms. The summed E-state index contributed by atoms with van der Waals surface area (Å²) in [7, 11) is 0. The molecule has 0 fully saturated rings. The lowest BCUT2D eigenvalue weighted by atomic mass is 10.0. The molecule has 0 amide bonds. The standard InChI is InChI=1S/C7H9N3O2/c11-7(12)5-1-4-2-9-10-6(4)3-8-5/h2,5,8H,1,3H2,(H,9,10)(H,11,12). The molecule has 3 N–H and O–H groups in total. The van der Waals surface area contributed by atoms with E-state index in [-0.39, 0.29) is 0 Å². The van der Waals surface area contributed by atoms with Crippen molar-refractivity contribution in [2.45, 2.75) is 19.0 Å². The second-order valence-corrected chi connectivity index (χ2v) is 2.85. The van der Waals surface area contributed by atoms with E-state index in [1.165, 1.54) is 0 Å². The van der Waals surface area contributed by atoms with Gasteiger partial charge in [0.25, 0.3) is 0 Å². The molecule has 0 saturated heterocycles. The van der Waals surface area contributed by atoms with Crippen molar-refractivity contribution in [2.75, 3.05) is 0 Å². The highest BCUT2D eigenvalue weighted by atomic mass is 16.4. The quantitative estimate of drug-likeness (QED) is 0.527. The summed E-state index contributed by atoms with van der Waals surface area (Å²) in [6.45, 7) is 0.562. The molecule has 0 aliphatic carbocycles. The fourth-order valence-electron chi connectivity index (χ4n) is 1.36. The van der Waals surface area contributed by atoms with Gasteiger partial charge in [-0.15, -0.1) is 0 Å². The summed E-state index contributed by atoms with van der Waals surface area (Å²) in [5.41, 5.74) is 1.99. The summed E-state index contributed by atoms with van der Waals surface area (Å²) >= 11 is 0. The normalized spacial score (nSPS) is 21.8. The van der Waals surface area contributed by atoms with E-state index in [0.717, 1.165) is 11.3 Å². The highest BCUT2D eigenvalue weighted by Gasteiger charge is 2.24. The van der Waals surface area contributed by atoms with Gasteiger partial charge in [-0.1, -0.05) is 0 Å². The molecule has 5 heteroatoms. The van der Waals surface area contributed by atoms with Crippen LogP contribution in [0.5, 0.6) is 0 Å². The summed E-state index contributed by atoms with van der Waals surface area (Å²) in [4.78, 5) is 10.6. The first kappa shape index (κ1) is 7.30. The number of aromatic amines is 1. The highest BCUT2D eigenvalue weighted by molar-refractivity contribution is 5.74. The largest absolute Gasteiger partial charge is 0.480 e. The van der Waals surface area contributed by atoms with Crippen molar-refractivity contribution in [3.05, 3.63) is 17.5 Å². The van der Waals surface area contributed by atoms with E-state index in [1.54, 1.807) is 6.20 Å². The number of nitrogens with one attached hydrogen (secondary N) is 2. The number of nitrogens with zero attached hydrogens (tertiary/aromatic N) is 1. The Hall–Kier alpha value is -1.36. The third kappa shape index (κ3) is 1.08. The van der Waals surface area contributed by atoms with Crippen LogP contribution < -0.4 is 5.32 Å². The second-order valence-electron chi connectivity index (χ2n) is 2.85. The molecule has 1 atom stereocenters. The van der Waals surface area contributed by atoms with Crippen LogP contribution in [-0.2, 0) is 17.8 Å². The van der Waals surface area contributed by atoms with Crippen LogP contribution in [0.3, 0.4) is 0 Å². The monoisotopic (exact) mass is 167 g/mol. The molecule has 0 radical (unpaired) electrons. The maximum absolute atomic E-state index is 10.6. The average molecular weight is 167 g/mol. The van der Waals surface area contributed by atoms with Crippen LogP contribution in [0.4, 0.5) is 0 Å². The summed E-state index contributed by atoms with van der Waals surface area (Å²) in [6, 6.07) is -0.463. The molecule has 5 nitrogen and oxygen atoms in total. The van der Waals surface area contributed by atoms with Crippen LogP contribution in [0.25, 0.3) is 0 Å². The van der Waals surface area contributed by atoms with Crippen molar-refractivity contribution in [2.24, 2.45) is 0 Å². The Kier molecular flexibility index (Phi) is 1.58. The number of carbonyl (C=O) groups is 1. The summed E-state index contributed by atoms with van der Waals surface area (Å²) in [6.07, 6.45) is 2.20. The van der Waals surface area contributed by atoms with Gasteiger partial charge in [0, 0.05) is 13.0 Å². The minimum atomic E-state index is -0.804. The van der Waals surface area contributed by atoms with Crippen LogP contribution in [0.15, 0.2) is 6.20 Å². The van der Waals surface area contributed by atoms with E-state index in [1.807, 2.05) is 0 Å². The lowest BCUT2D eigenvalue weighted by molar-refractivity contribution is -0.139. The zero-order chi connectivity index (χ0) is 8.55. The molecule has 1 unspecified atom stereocenters. The summed E-state index contributed by atoms with van der Waals surface area (Å²) in [5.74, 6) is -0.804. The van der Waals surface area contributed by atoms with Gasteiger partial charge in [-0.25, -0.2) is 0 Å². The number of fused-ring (bicyclic) bond motifs is 1. The molecule has 0 bridgehead atoms. The first-order valence-corrected chi connectivity index (χ1v) is 3.74. The van der Waals surface area contributed by atoms with Gasteiger partial charge in [-0.05, 0) is 5.56 Å². The molecule has 1 aliphatic rings. The van der Waals surface area contributed by atoms with Gasteiger partial charge in [-0.2, -0.15) is 5.10 Å². The van der Waals surface area contributed by atoms with Gasteiger partial charge in [0.1, 0.15) is 6.04 Å². The topological polar surface area (TPSA) is 78.0 Å². The Morgan fingerprint density at radius 1 is 1.75 bits per heavy atom. The SMILES string of the molecule is O=C(O)C1Cc2cn[nH]c2CN1. The Balaban J connectivity index is 2.20. The summed E-state index contributed by atoms with van der Waals surface area (Å²) in [5, 5.41) is 18.2. The van der Waals surface area contributed by atoms with Crippen molar-refractivity contribution >= 4 is 5.97 Å². The molecule has 2 rings (SSSR count). The Labute approximate surface area is 68.8 Å². The Morgan fingerprint density at radius 2 is 2.58 bits per heavy atom. The third-order valence-electron chi connectivity index (χ3n) is 2.05. The minimum absolute atomic E-state index is 0.463. The van der Waals surface area contributed by atoms with Crippen molar-refractivity contribution in [1.82, 2.24) is 15.5 Å². The summed E-state index contributed by atoms with van der Waals surface area (Å²) < 4.78 is 0. The molecular weight excluding hydrogens is 158 g/mol. The molecule has 12 heavy (non-hydrogen) atoms. The zero-order valence-corrected chi connectivity index (χ0v) is 6.37. The van der Waals surface area contributed by atoms with Crippen LogP contribution in [0.1, 0.15) is 11.3 Å². The van der Waals surface area contributed by atoms with Gasteiger partial charge < -0.3 is 5.11 Å². The molecule has 0 saturated carbocycles. The van der Waals surface area contributed by atoms with Gasteiger partial charge in [-0.3, -0.25) is 15.2 Å². The van der Waals surface area contributed by atoms with Crippen LogP contribution in [0, 0.1) is 0 Å². The van der Waals surface area contributed by atoms with Crippen molar-refractivity contribution in [3.63, 3.8) is 0 Å². The van der Waals surface area contributed by atoms with Crippen molar-refractivity contribution in [3.8, 4) is 0 Å². The zero-order valence-electron chi connectivity index (χ0n) is 6.37. The number of aliphatic carboxylic acids is 1. The van der Waals surface area contributed by atoms with E-state index >= 15 is 0 Å². The van der Waals surface area contributed by atoms with Gasteiger partial charge in [0.15, 0.2) is 0 Å². The van der Waals surface area contributed by atoms with Gasteiger partial charge in [0.05, 0.1) is 11.9 Å². The van der Waals surface area contributed by atoms with Crippen molar-refractivity contribution in [1.29, 1.82) is 0 Å². The fourth-order valence-corrected chi connectivity index (χ4v) is 1.36. The van der Waals surface area contributed by atoms with Gasteiger partial charge >= 0.3 is 5.97 Å². The first-order chi connectivity index (χ1) is 5.77. The number of rotatable bonds is 1. The van der Waals surface area contributed by atoms with E-state index in [0.29, 0.717) is 13.0 Å². The Morgan fingerprint density at radius 3 is 3.33 bits per heavy atom. The molecule has 1 aromatic heterocycles. The van der Waals surface area contributed by atoms with Crippen LogP contribution in [-0.4, -0.2) is 27.3 Å². The molecule has 2 heterocycles. The Bertz CT molecular complexity index is 307. The smallest absolute Gasteiger partial charge is 0.321 e. The van der Waals surface area contributed by atoms with Crippen molar-refractivity contribution < 1.29 is 9.90 Å². The molecule has 0 aromatic carbocycles. The molecule has 64 valence electrons. The minimum Gasteiger partial charge on any atom is -0.480 e. The lowest BCUT2D eigenvalue weighted by Gasteiger charge is -2.19. The van der Waals surface area contributed by atoms with Gasteiger partial charge in [0.2, 0.25) is 0 Å². The third-order valence-corrected chi connectivity index (χ3v) is 2.05. The molecular formula is C7H9N3O2. The first-order valence-electron chi connectivity index (χ1n) is 3.74. The van der Waals surface area contributed by atoms with E-state index in [9.17, 15) is 4.79 Å². The predicted molar refractivity (Wildman–Crippen MR) is 40.6 cm³/mol. The maximum atomic E-state index is 10.6. The van der Waals surface area contributed by atoms with E-state index in [2.05, 4.69) is 15.5 Å². The van der Waals surface area contributed by atoms with Crippen LogP contribution >= 0.6 is 0 Å². The van der Waals surface area contributed by atoms with E-state index < -0.39 is 12.0 Å². The van der Waals surface area contributed by atoms with E-state index in [4.69, 9.17) is 5.11 Å². The number of hydrogen-bond acceptors (Lipinski definition) is 3. The van der Waals surface area contributed by atoms with Crippen LogP contribution in [0.2, 0.25) is 0 Å². The number of aromatic nitrogens is 2. The number of carboxylic acids is 1. The number of hydrogen-bond donors (Lipinski definition) is 3. The predicted octanol–water partition coefficient (Wildman–Crippen LogP) is -0.491. The fraction of sp³-hybridized carbons (Fsp3) is 0.429. The number of carboxylic acid groups (broad SMARTS) is 1. The highest BCUT2D eigenvalue weighted by Crippen LogP contribution is 2.12.